The van der Waals surface area contributed by atoms with Gasteiger partial charge in [-0.25, -0.2) is 9.18 Å². The number of imidazole rings is 1. The molecule has 1 fully saturated rings. The standard InChI is InChI=1S/C13H13FN2O/c14-11-3-1-10(2-4-11)9-15-7-8-16(13(15)17)12-5-6-12/h1-4,7-8,12H,5-6,9H2. The Bertz CT molecular complexity index is 578. The molecule has 0 atom stereocenters. The number of aromatic nitrogens is 2. The molecule has 1 saturated carbocycles. The molecule has 1 aliphatic rings. The van der Waals surface area contributed by atoms with Crippen molar-refractivity contribution >= 4 is 0 Å². The molecule has 17 heavy (non-hydrogen) atoms. The van der Waals surface area contributed by atoms with E-state index in [1.54, 1.807) is 27.5 Å². The summed E-state index contributed by atoms with van der Waals surface area (Å²) in [6, 6.07) is 6.64. The molecular formula is C13H13FN2O. The monoisotopic (exact) mass is 232 g/mol. The molecule has 2 aromatic rings. The molecule has 3 rings (SSSR count). The molecule has 0 N–H and O–H groups in total. The van der Waals surface area contributed by atoms with Gasteiger partial charge >= 0.3 is 5.69 Å². The summed E-state index contributed by atoms with van der Waals surface area (Å²) < 4.78 is 16.2. The minimum atomic E-state index is -0.253. The van der Waals surface area contributed by atoms with E-state index in [-0.39, 0.29) is 11.5 Å². The van der Waals surface area contributed by atoms with Crippen molar-refractivity contribution in [3.05, 3.63) is 58.5 Å². The van der Waals surface area contributed by atoms with Crippen LogP contribution in [0.1, 0.15) is 24.4 Å². The van der Waals surface area contributed by atoms with Crippen LogP contribution in [0.3, 0.4) is 0 Å². The van der Waals surface area contributed by atoms with E-state index < -0.39 is 0 Å². The molecule has 0 amide bonds. The highest BCUT2D eigenvalue weighted by atomic mass is 19.1. The maximum absolute atomic E-state index is 12.8. The van der Waals surface area contributed by atoms with E-state index in [2.05, 4.69) is 0 Å². The third-order valence-corrected chi connectivity index (χ3v) is 3.08. The maximum atomic E-state index is 12.8. The van der Waals surface area contributed by atoms with Crippen LogP contribution < -0.4 is 5.69 Å². The van der Waals surface area contributed by atoms with Gasteiger partial charge in [0.25, 0.3) is 0 Å². The molecule has 3 nitrogen and oxygen atoms in total. The van der Waals surface area contributed by atoms with Crippen LogP contribution in [0.25, 0.3) is 0 Å². The topological polar surface area (TPSA) is 26.9 Å². The normalized spacial score (nSPS) is 15.1. The van der Waals surface area contributed by atoms with Gasteiger partial charge in [0.05, 0.1) is 6.54 Å². The summed E-state index contributed by atoms with van der Waals surface area (Å²) in [5.74, 6) is -0.253. The number of nitrogens with zero attached hydrogens (tertiary/aromatic N) is 2. The summed E-state index contributed by atoms with van der Waals surface area (Å²) in [4.78, 5) is 12.0. The van der Waals surface area contributed by atoms with Crippen LogP contribution in [0.2, 0.25) is 0 Å². The van der Waals surface area contributed by atoms with Crippen molar-refractivity contribution in [2.24, 2.45) is 0 Å². The first-order valence-corrected chi connectivity index (χ1v) is 5.76. The first-order valence-electron chi connectivity index (χ1n) is 5.76. The quantitative estimate of drug-likeness (QED) is 0.796. The minimum absolute atomic E-state index is 0.0248. The van der Waals surface area contributed by atoms with Gasteiger partial charge in [0.2, 0.25) is 0 Å². The van der Waals surface area contributed by atoms with Crippen LogP contribution in [0.15, 0.2) is 41.5 Å². The Morgan fingerprint density at radius 3 is 2.53 bits per heavy atom. The van der Waals surface area contributed by atoms with Crippen molar-refractivity contribution in [1.29, 1.82) is 0 Å². The lowest BCUT2D eigenvalue weighted by molar-refractivity contribution is 0.624. The minimum Gasteiger partial charge on any atom is -0.296 e. The van der Waals surface area contributed by atoms with Gasteiger partial charge in [0.1, 0.15) is 5.82 Å². The van der Waals surface area contributed by atoms with Crippen LogP contribution in [0, 0.1) is 5.82 Å². The second kappa shape index (κ2) is 3.87. The molecule has 0 bridgehead atoms. The molecule has 0 saturated heterocycles. The van der Waals surface area contributed by atoms with Crippen molar-refractivity contribution in [2.45, 2.75) is 25.4 Å². The van der Waals surface area contributed by atoms with Crippen LogP contribution in [-0.2, 0) is 6.54 Å². The Hall–Kier alpha value is -1.84. The highest BCUT2D eigenvalue weighted by Gasteiger charge is 2.25. The van der Waals surface area contributed by atoms with Crippen LogP contribution in [0.4, 0.5) is 4.39 Å². The Morgan fingerprint density at radius 2 is 1.88 bits per heavy atom. The van der Waals surface area contributed by atoms with E-state index >= 15 is 0 Å². The smallest absolute Gasteiger partial charge is 0.296 e. The molecule has 88 valence electrons. The lowest BCUT2D eigenvalue weighted by atomic mass is 10.2. The first-order chi connectivity index (χ1) is 8.24. The van der Waals surface area contributed by atoms with Crippen LogP contribution >= 0.6 is 0 Å². The number of halogens is 1. The van der Waals surface area contributed by atoms with Gasteiger partial charge < -0.3 is 0 Å². The molecule has 0 radical (unpaired) electrons. The highest BCUT2D eigenvalue weighted by Crippen LogP contribution is 2.33. The predicted molar refractivity (Wildman–Crippen MR) is 62.5 cm³/mol. The van der Waals surface area contributed by atoms with Gasteiger partial charge in [-0.3, -0.25) is 9.13 Å². The largest absolute Gasteiger partial charge is 0.328 e. The molecular weight excluding hydrogens is 219 g/mol. The van der Waals surface area contributed by atoms with Gasteiger partial charge in [0.15, 0.2) is 0 Å². The van der Waals surface area contributed by atoms with E-state index in [9.17, 15) is 9.18 Å². The van der Waals surface area contributed by atoms with E-state index in [0.717, 1.165) is 18.4 Å². The van der Waals surface area contributed by atoms with E-state index in [0.29, 0.717) is 12.6 Å². The Kier molecular flexibility index (Phi) is 2.35. The lowest BCUT2D eigenvalue weighted by Crippen LogP contribution is -2.23. The molecule has 4 heteroatoms. The summed E-state index contributed by atoms with van der Waals surface area (Å²) in [5, 5.41) is 0. The van der Waals surface area contributed by atoms with Crippen molar-refractivity contribution in [2.75, 3.05) is 0 Å². The average molecular weight is 232 g/mol. The zero-order valence-corrected chi connectivity index (χ0v) is 9.34. The fourth-order valence-electron chi connectivity index (χ4n) is 1.97. The third kappa shape index (κ3) is 2.02. The summed E-state index contributed by atoms with van der Waals surface area (Å²) in [5.41, 5.74) is 0.957. The van der Waals surface area contributed by atoms with E-state index in [4.69, 9.17) is 0 Å². The predicted octanol–water partition coefficient (Wildman–Crippen LogP) is 2.17. The van der Waals surface area contributed by atoms with E-state index in [1.807, 2.05) is 6.20 Å². The summed E-state index contributed by atoms with van der Waals surface area (Å²) in [6.45, 7) is 0.499. The third-order valence-electron chi connectivity index (χ3n) is 3.08. The molecule has 0 unspecified atom stereocenters. The first kappa shape index (κ1) is 10.3. The number of hydrogen-bond acceptors (Lipinski definition) is 1. The number of hydrogen-bond donors (Lipinski definition) is 0. The van der Waals surface area contributed by atoms with Crippen molar-refractivity contribution < 1.29 is 4.39 Å². The Morgan fingerprint density at radius 1 is 1.18 bits per heavy atom. The number of benzene rings is 1. The second-order valence-electron chi connectivity index (χ2n) is 4.47. The van der Waals surface area contributed by atoms with E-state index in [1.165, 1.54) is 12.1 Å². The lowest BCUT2D eigenvalue weighted by Gasteiger charge is -2.02. The van der Waals surface area contributed by atoms with Gasteiger partial charge in [-0.1, -0.05) is 12.1 Å². The van der Waals surface area contributed by atoms with Crippen molar-refractivity contribution in [3.8, 4) is 0 Å². The zero-order valence-electron chi connectivity index (χ0n) is 9.34. The van der Waals surface area contributed by atoms with Crippen molar-refractivity contribution in [1.82, 2.24) is 9.13 Å². The summed E-state index contributed by atoms with van der Waals surface area (Å²) >= 11 is 0. The van der Waals surface area contributed by atoms with Gasteiger partial charge in [-0.2, -0.15) is 0 Å². The van der Waals surface area contributed by atoms with Gasteiger partial charge in [-0.15, -0.1) is 0 Å². The van der Waals surface area contributed by atoms with Crippen LogP contribution in [0.5, 0.6) is 0 Å². The summed E-state index contributed by atoms with van der Waals surface area (Å²) in [7, 11) is 0. The molecule has 1 aromatic heterocycles. The molecule has 1 heterocycles. The molecule has 0 aliphatic heterocycles. The molecule has 1 aromatic carbocycles. The Balaban J connectivity index is 1.85. The zero-order chi connectivity index (χ0) is 11.8. The fraction of sp³-hybridized carbons (Fsp3) is 0.308. The second-order valence-corrected chi connectivity index (χ2v) is 4.47. The number of rotatable bonds is 3. The SMILES string of the molecule is O=c1n(Cc2ccc(F)cc2)ccn1C1CC1. The molecule has 0 spiro atoms. The van der Waals surface area contributed by atoms with Gasteiger partial charge in [0, 0.05) is 18.4 Å². The maximum Gasteiger partial charge on any atom is 0.328 e. The summed E-state index contributed by atoms with van der Waals surface area (Å²) in [6.07, 6.45) is 5.83. The van der Waals surface area contributed by atoms with Crippen molar-refractivity contribution in [3.63, 3.8) is 0 Å². The fourth-order valence-corrected chi connectivity index (χ4v) is 1.97. The van der Waals surface area contributed by atoms with Gasteiger partial charge in [-0.05, 0) is 30.5 Å². The Labute approximate surface area is 98.1 Å². The average Bonchev–Trinajstić information content (AvgIpc) is 3.10. The highest BCUT2D eigenvalue weighted by molar-refractivity contribution is 5.16. The van der Waals surface area contributed by atoms with Crippen LogP contribution in [-0.4, -0.2) is 9.13 Å². The molecule has 1 aliphatic carbocycles.